The van der Waals surface area contributed by atoms with Crippen molar-refractivity contribution in [3.63, 3.8) is 0 Å². The fraction of sp³-hybridized carbons (Fsp3) is 0.200. The number of imidazole rings is 1. The number of rotatable bonds is 6. The zero-order valence-corrected chi connectivity index (χ0v) is 14.3. The number of fused-ring (bicyclic) bond motifs is 1. The summed E-state index contributed by atoms with van der Waals surface area (Å²) < 4.78 is 0. The molecule has 1 aromatic carbocycles. The zero-order chi connectivity index (χ0) is 17.1. The summed E-state index contributed by atoms with van der Waals surface area (Å²) in [5, 5.41) is 14.9. The molecule has 3 aromatic rings. The molecule has 2 N–H and O–H groups in total. The van der Waals surface area contributed by atoms with Gasteiger partial charge in [0.15, 0.2) is 5.16 Å². The SMILES string of the molecule is Cc1ccc2nc(SCCNc3nc(Cl)ccc3[N+](=O)[O-])[nH]c2c1. The Hall–Kier alpha value is -2.32. The number of nitrogens with zero attached hydrogens (tertiary/aromatic N) is 3. The largest absolute Gasteiger partial charge is 0.363 e. The van der Waals surface area contributed by atoms with Gasteiger partial charge in [0.05, 0.1) is 16.0 Å². The van der Waals surface area contributed by atoms with Crippen molar-refractivity contribution in [3.05, 3.63) is 51.2 Å². The summed E-state index contributed by atoms with van der Waals surface area (Å²) in [4.78, 5) is 22.2. The molecule has 0 fully saturated rings. The van der Waals surface area contributed by atoms with Crippen LogP contribution in [-0.2, 0) is 0 Å². The second kappa shape index (κ2) is 7.06. The first-order chi connectivity index (χ1) is 11.5. The van der Waals surface area contributed by atoms with Gasteiger partial charge in [-0.05, 0) is 30.7 Å². The average Bonchev–Trinajstić information content (AvgIpc) is 2.93. The predicted molar refractivity (Wildman–Crippen MR) is 95.9 cm³/mol. The molecule has 0 spiro atoms. The van der Waals surface area contributed by atoms with E-state index in [0.29, 0.717) is 12.3 Å². The van der Waals surface area contributed by atoms with E-state index in [2.05, 4.69) is 20.3 Å². The van der Waals surface area contributed by atoms with Crippen molar-refractivity contribution in [3.8, 4) is 0 Å². The monoisotopic (exact) mass is 363 g/mol. The molecule has 0 atom stereocenters. The molecule has 2 aromatic heterocycles. The van der Waals surface area contributed by atoms with Gasteiger partial charge < -0.3 is 10.3 Å². The van der Waals surface area contributed by atoms with E-state index in [9.17, 15) is 10.1 Å². The molecule has 24 heavy (non-hydrogen) atoms. The number of halogens is 1. The number of thioether (sulfide) groups is 1. The third-order valence-electron chi connectivity index (χ3n) is 3.29. The number of aromatic amines is 1. The number of nitrogens with one attached hydrogen (secondary N) is 2. The first-order valence-corrected chi connectivity index (χ1v) is 8.53. The third kappa shape index (κ3) is 3.77. The van der Waals surface area contributed by atoms with Crippen LogP contribution < -0.4 is 5.32 Å². The quantitative estimate of drug-likeness (QED) is 0.225. The van der Waals surface area contributed by atoms with Crippen molar-refractivity contribution in [2.24, 2.45) is 0 Å². The molecule has 7 nitrogen and oxygen atoms in total. The van der Waals surface area contributed by atoms with Crippen LogP contribution in [0.3, 0.4) is 0 Å². The highest BCUT2D eigenvalue weighted by Gasteiger charge is 2.15. The number of nitro groups is 1. The van der Waals surface area contributed by atoms with E-state index in [1.807, 2.05) is 25.1 Å². The van der Waals surface area contributed by atoms with Crippen molar-refractivity contribution in [1.82, 2.24) is 15.0 Å². The molecule has 0 amide bonds. The Morgan fingerprint density at radius 2 is 2.17 bits per heavy atom. The van der Waals surface area contributed by atoms with Gasteiger partial charge >= 0.3 is 5.69 Å². The van der Waals surface area contributed by atoms with E-state index in [4.69, 9.17) is 11.6 Å². The molecule has 0 aliphatic rings. The fourth-order valence-corrected chi connectivity index (χ4v) is 3.08. The first-order valence-electron chi connectivity index (χ1n) is 7.17. The van der Waals surface area contributed by atoms with Gasteiger partial charge in [0.1, 0.15) is 5.15 Å². The highest BCUT2D eigenvalue weighted by molar-refractivity contribution is 7.99. The number of aryl methyl sites for hydroxylation is 1. The van der Waals surface area contributed by atoms with E-state index >= 15 is 0 Å². The van der Waals surface area contributed by atoms with Crippen LogP contribution in [0.25, 0.3) is 11.0 Å². The molecule has 0 radical (unpaired) electrons. The second-order valence-corrected chi connectivity index (χ2v) is 6.57. The smallest absolute Gasteiger partial charge is 0.311 e. The Bertz CT molecular complexity index is 899. The maximum atomic E-state index is 11.0. The minimum atomic E-state index is -0.486. The predicted octanol–water partition coefficient (Wildman–Crippen LogP) is 4.03. The van der Waals surface area contributed by atoms with Gasteiger partial charge in [-0.15, -0.1) is 0 Å². The highest BCUT2D eigenvalue weighted by Crippen LogP contribution is 2.24. The Morgan fingerprint density at radius 3 is 2.96 bits per heavy atom. The van der Waals surface area contributed by atoms with E-state index in [1.54, 1.807) is 0 Å². The topological polar surface area (TPSA) is 96.7 Å². The number of hydrogen-bond donors (Lipinski definition) is 2. The Kier molecular flexibility index (Phi) is 4.86. The van der Waals surface area contributed by atoms with Gasteiger partial charge in [0.2, 0.25) is 5.82 Å². The fourth-order valence-electron chi connectivity index (χ4n) is 2.19. The lowest BCUT2D eigenvalue weighted by Gasteiger charge is -2.05. The van der Waals surface area contributed by atoms with Gasteiger partial charge in [-0.3, -0.25) is 10.1 Å². The summed E-state index contributed by atoms with van der Waals surface area (Å²) in [6.07, 6.45) is 0. The number of anilines is 1. The maximum absolute atomic E-state index is 11.0. The lowest BCUT2D eigenvalue weighted by atomic mass is 10.2. The van der Waals surface area contributed by atoms with Gasteiger partial charge in [-0.25, -0.2) is 9.97 Å². The number of pyridine rings is 1. The van der Waals surface area contributed by atoms with Gasteiger partial charge in [-0.2, -0.15) is 0 Å². The number of H-pyrrole nitrogens is 1. The summed E-state index contributed by atoms with van der Waals surface area (Å²) in [5.74, 6) is 0.845. The summed E-state index contributed by atoms with van der Waals surface area (Å²) >= 11 is 7.32. The van der Waals surface area contributed by atoms with Crippen LogP contribution in [0.1, 0.15) is 5.56 Å². The molecule has 0 aliphatic heterocycles. The highest BCUT2D eigenvalue weighted by atomic mass is 35.5. The van der Waals surface area contributed by atoms with Crippen molar-refractivity contribution in [2.45, 2.75) is 12.1 Å². The van der Waals surface area contributed by atoms with Gasteiger partial charge in [0, 0.05) is 18.4 Å². The molecular weight excluding hydrogens is 350 g/mol. The van der Waals surface area contributed by atoms with Crippen LogP contribution in [0, 0.1) is 17.0 Å². The van der Waals surface area contributed by atoms with Crippen LogP contribution in [0.4, 0.5) is 11.5 Å². The molecular formula is C15H14ClN5O2S. The van der Waals surface area contributed by atoms with Crippen LogP contribution in [0.15, 0.2) is 35.5 Å². The number of benzene rings is 1. The van der Waals surface area contributed by atoms with Crippen LogP contribution in [0.5, 0.6) is 0 Å². The van der Waals surface area contributed by atoms with Crippen LogP contribution >= 0.6 is 23.4 Å². The number of hydrogen-bond acceptors (Lipinski definition) is 6. The maximum Gasteiger partial charge on any atom is 0.311 e. The molecule has 0 unspecified atom stereocenters. The summed E-state index contributed by atoms with van der Waals surface area (Å²) in [6.45, 7) is 2.52. The molecule has 0 saturated carbocycles. The van der Waals surface area contributed by atoms with E-state index < -0.39 is 4.92 Å². The Morgan fingerprint density at radius 1 is 1.33 bits per heavy atom. The van der Waals surface area contributed by atoms with E-state index in [0.717, 1.165) is 16.2 Å². The van der Waals surface area contributed by atoms with Gasteiger partial charge in [0.25, 0.3) is 0 Å². The molecule has 0 saturated heterocycles. The average molecular weight is 364 g/mol. The van der Waals surface area contributed by atoms with E-state index in [1.165, 1.54) is 29.5 Å². The van der Waals surface area contributed by atoms with Crippen LogP contribution in [0.2, 0.25) is 5.15 Å². The molecule has 2 heterocycles. The van der Waals surface area contributed by atoms with E-state index in [-0.39, 0.29) is 16.7 Å². The molecule has 0 bridgehead atoms. The van der Waals surface area contributed by atoms with Crippen molar-refractivity contribution >= 4 is 45.9 Å². The van der Waals surface area contributed by atoms with Crippen LogP contribution in [-0.4, -0.2) is 32.2 Å². The van der Waals surface area contributed by atoms with Crippen molar-refractivity contribution in [2.75, 3.05) is 17.6 Å². The van der Waals surface area contributed by atoms with Crippen molar-refractivity contribution < 1.29 is 4.92 Å². The molecule has 124 valence electrons. The summed E-state index contributed by atoms with van der Waals surface area (Å²) in [5.41, 5.74) is 2.99. The standard InChI is InChI=1S/C15H14ClN5O2S/c1-9-2-3-10-11(8-9)19-15(18-10)24-7-6-17-14-12(21(22)23)4-5-13(16)20-14/h2-5,8H,6-7H2,1H3,(H,17,20)(H,18,19). The lowest BCUT2D eigenvalue weighted by Crippen LogP contribution is -2.08. The molecule has 9 heteroatoms. The summed E-state index contributed by atoms with van der Waals surface area (Å²) in [6, 6.07) is 8.78. The van der Waals surface area contributed by atoms with Crippen molar-refractivity contribution in [1.29, 1.82) is 0 Å². The van der Waals surface area contributed by atoms with Gasteiger partial charge in [-0.1, -0.05) is 29.4 Å². The minimum absolute atomic E-state index is 0.0939. The molecule has 0 aliphatic carbocycles. The zero-order valence-electron chi connectivity index (χ0n) is 12.7. The third-order valence-corrected chi connectivity index (χ3v) is 4.37. The lowest BCUT2D eigenvalue weighted by molar-refractivity contribution is -0.384. The minimum Gasteiger partial charge on any atom is -0.363 e. The Balaban J connectivity index is 1.60. The Labute approximate surface area is 147 Å². The normalized spacial score (nSPS) is 10.9. The second-order valence-electron chi connectivity index (χ2n) is 5.10. The summed E-state index contributed by atoms with van der Waals surface area (Å²) in [7, 11) is 0. The first kappa shape index (κ1) is 16.5. The number of aromatic nitrogens is 3. The molecule has 3 rings (SSSR count).